The molecule has 0 aromatic heterocycles. The zero-order chi connectivity index (χ0) is 15.3. The fraction of sp³-hybridized carbons (Fsp3) is 0.500. The Hall–Kier alpha value is -1.07. The third-order valence-corrected chi connectivity index (χ3v) is 5.52. The molecule has 4 nitrogen and oxygen atoms in total. The third kappa shape index (κ3) is 4.80. The molecule has 112 valence electrons. The Labute approximate surface area is 125 Å². The van der Waals surface area contributed by atoms with Crippen LogP contribution in [0.5, 0.6) is 0 Å². The van der Waals surface area contributed by atoms with Crippen molar-refractivity contribution in [1.29, 1.82) is 0 Å². The van der Waals surface area contributed by atoms with Crippen LogP contribution in [0.25, 0.3) is 0 Å². The predicted octanol–water partition coefficient (Wildman–Crippen LogP) is 2.90. The van der Waals surface area contributed by atoms with Crippen LogP contribution in [0, 0.1) is 6.92 Å². The van der Waals surface area contributed by atoms with Crippen molar-refractivity contribution >= 4 is 27.4 Å². The van der Waals surface area contributed by atoms with Gasteiger partial charge in [0.25, 0.3) is 0 Å². The Morgan fingerprint density at radius 2 is 2.05 bits per heavy atom. The Morgan fingerprint density at radius 3 is 2.60 bits per heavy atom. The first-order chi connectivity index (χ1) is 9.26. The topological polar surface area (TPSA) is 60.4 Å². The van der Waals surface area contributed by atoms with Gasteiger partial charge in [-0.2, -0.15) is 0 Å². The molecule has 0 radical (unpaired) electrons. The number of carbonyl (C=O) groups is 1. The maximum atomic E-state index is 12.2. The fourth-order valence-electron chi connectivity index (χ4n) is 1.75. The number of halogens is 1. The largest absolute Gasteiger partial charge is 0.466 e. The lowest BCUT2D eigenvalue weighted by Gasteiger charge is -2.13. The minimum Gasteiger partial charge on any atom is -0.466 e. The van der Waals surface area contributed by atoms with Crippen LogP contribution in [0.15, 0.2) is 18.2 Å². The van der Waals surface area contributed by atoms with E-state index >= 15 is 0 Å². The number of aryl methyl sites for hydroxylation is 1. The van der Waals surface area contributed by atoms with E-state index in [9.17, 15) is 13.2 Å². The monoisotopic (exact) mass is 318 g/mol. The molecule has 0 fully saturated rings. The maximum absolute atomic E-state index is 12.2. The van der Waals surface area contributed by atoms with Crippen molar-refractivity contribution in [1.82, 2.24) is 0 Å². The standard InChI is InChI=1S/C14H19ClO4S/c1-4-19-14(16)8-11(3)20(17,18)9-12-5-6-13(15)10(2)7-12/h5-7,11H,4,8-9H2,1-3H3. The van der Waals surface area contributed by atoms with Gasteiger partial charge < -0.3 is 4.74 Å². The lowest BCUT2D eigenvalue weighted by molar-refractivity contribution is -0.143. The Morgan fingerprint density at radius 1 is 1.40 bits per heavy atom. The van der Waals surface area contributed by atoms with Gasteiger partial charge in [0, 0.05) is 5.02 Å². The van der Waals surface area contributed by atoms with Crippen molar-refractivity contribution in [2.45, 2.75) is 38.2 Å². The molecule has 1 unspecified atom stereocenters. The molecule has 0 N–H and O–H groups in total. The first-order valence-electron chi connectivity index (χ1n) is 6.38. The van der Waals surface area contributed by atoms with E-state index in [2.05, 4.69) is 0 Å². The van der Waals surface area contributed by atoms with E-state index in [0.29, 0.717) is 10.6 Å². The molecular weight excluding hydrogens is 300 g/mol. The summed E-state index contributed by atoms with van der Waals surface area (Å²) in [6.07, 6.45) is -0.122. The minimum atomic E-state index is -3.40. The number of rotatable bonds is 6. The summed E-state index contributed by atoms with van der Waals surface area (Å²) in [4.78, 5) is 11.3. The summed E-state index contributed by atoms with van der Waals surface area (Å²) < 4.78 is 29.2. The van der Waals surface area contributed by atoms with Crippen LogP contribution >= 0.6 is 11.6 Å². The van der Waals surface area contributed by atoms with Gasteiger partial charge in [0.15, 0.2) is 9.84 Å². The molecule has 0 amide bonds. The van der Waals surface area contributed by atoms with E-state index in [1.807, 2.05) is 6.92 Å². The fourth-order valence-corrected chi connectivity index (χ4v) is 3.19. The normalized spacial score (nSPS) is 13.0. The highest BCUT2D eigenvalue weighted by Crippen LogP contribution is 2.20. The van der Waals surface area contributed by atoms with Crippen molar-refractivity contribution in [2.24, 2.45) is 0 Å². The van der Waals surface area contributed by atoms with Gasteiger partial charge in [-0.05, 0) is 38.0 Å². The summed E-state index contributed by atoms with van der Waals surface area (Å²) in [5.74, 6) is -0.596. The molecule has 1 aromatic carbocycles. The van der Waals surface area contributed by atoms with Gasteiger partial charge in [0.2, 0.25) is 0 Å². The number of esters is 1. The summed E-state index contributed by atoms with van der Waals surface area (Å²) in [6, 6.07) is 5.11. The molecule has 0 aliphatic carbocycles. The lowest BCUT2D eigenvalue weighted by Crippen LogP contribution is -2.24. The molecule has 20 heavy (non-hydrogen) atoms. The quantitative estimate of drug-likeness (QED) is 0.757. The van der Waals surface area contributed by atoms with Crippen LogP contribution in [0.4, 0.5) is 0 Å². The molecule has 0 saturated carbocycles. The summed E-state index contributed by atoms with van der Waals surface area (Å²) >= 11 is 5.91. The van der Waals surface area contributed by atoms with Gasteiger partial charge in [-0.15, -0.1) is 0 Å². The highest BCUT2D eigenvalue weighted by Gasteiger charge is 2.24. The second-order valence-electron chi connectivity index (χ2n) is 4.71. The second-order valence-corrected chi connectivity index (χ2v) is 7.54. The first kappa shape index (κ1) is 17.0. The molecule has 0 aliphatic heterocycles. The van der Waals surface area contributed by atoms with Crippen LogP contribution in [0.2, 0.25) is 5.02 Å². The molecule has 0 aliphatic rings. The summed E-state index contributed by atoms with van der Waals surface area (Å²) in [7, 11) is -3.40. The van der Waals surface area contributed by atoms with Gasteiger partial charge in [0.1, 0.15) is 0 Å². The molecule has 6 heteroatoms. The van der Waals surface area contributed by atoms with Crippen LogP contribution in [-0.2, 0) is 25.1 Å². The highest BCUT2D eigenvalue weighted by atomic mass is 35.5. The van der Waals surface area contributed by atoms with Gasteiger partial charge in [0.05, 0.1) is 24.0 Å². The average molecular weight is 319 g/mol. The Balaban J connectivity index is 2.78. The molecule has 0 heterocycles. The Bertz CT molecular complexity index is 581. The van der Waals surface area contributed by atoms with Gasteiger partial charge in [-0.3, -0.25) is 4.79 Å². The number of ether oxygens (including phenoxy) is 1. The van der Waals surface area contributed by atoms with Crippen molar-refractivity contribution < 1.29 is 17.9 Å². The van der Waals surface area contributed by atoms with E-state index in [4.69, 9.17) is 16.3 Å². The van der Waals surface area contributed by atoms with Crippen molar-refractivity contribution in [3.8, 4) is 0 Å². The van der Waals surface area contributed by atoms with Crippen LogP contribution < -0.4 is 0 Å². The van der Waals surface area contributed by atoms with Gasteiger partial charge in [-0.1, -0.05) is 23.7 Å². The van der Waals surface area contributed by atoms with Crippen molar-refractivity contribution in [3.63, 3.8) is 0 Å². The summed E-state index contributed by atoms with van der Waals surface area (Å²) in [5.41, 5.74) is 1.50. The van der Waals surface area contributed by atoms with Crippen LogP contribution in [0.3, 0.4) is 0 Å². The van der Waals surface area contributed by atoms with Gasteiger partial charge in [-0.25, -0.2) is 8.42 Å². The number of sulfone groups is 1. The summed E-state index contributed by atoms with van der Waals surface area (Å²) in [5, 5.41) is -0.164. The lowest BCUT2D eigenvalue weighted by atomic mass is 10.2. The van der Waals surface area contributed by atoms with Crippen LogP contribution in [-0.4, -0.2) is 26.2 Å². The van der Waals surface area contributed by atoms with Crippen molar-refractivity contribution in [3.05, 3.63) is 34.3 Å². The molecule has 1 atom stereocenters. The van der Waals surface area contributed by atoms with E-state index in [1.165, 1.54) is 6.92 Å². The van der Waals surface area contributed by atoms with E-state index < -0.39 is 21.1 Å². The maximum Gasteiger partial charge on any atom is 0.307 e. The molecule has 0 saturated heterocycles. The number of benzene rings is 1. The SMILES string of the molecule is CCOC(=O)CC(C)S(=O)(=O)Cc1ccc(Cl)c(C)c1. The van der Waals surface area contributed by atoms with Crippen LogP contribution in [0.1, 0.15) is 31.4 Å². The van der Waals surface area contributed by atoms with E-state index in [-0.39, 0.29) is 18.8 Å². The van der Waals surface area contributed by atoms with Crippen molar-refractivity contribution in [2.75, 3.05) is 6.61 Å². The van der Waals surface area contributed by atoms with E-state index in [0.717, 1.165) is 5.56 Å². The molecule has 1 rings (SSSR count). The molecular formula is C14H19ClO4S. The highest BCUT2D eigenvalue weighted by molar-refractivity contribution is 7.91. The van der Waals surface area contributed by atoms with Gasteiger partial charge >= 0.3 is 5.97 Å². The molecule has 0 bridgehead atoms. The minimum absolute atomic E-state index is 0.106. The zero-order valence-electron chi connectivity index (χ0n) is 11.8. The first-order valence-corrected chi connectivity index (χ1v) is 8.47. The second kappa shape index (κ2) is 7.09. The molecule has 1 aromatic rings. The third-order valence-electron chi connectivity index (χ3n) is 2.96. The summed E-state index contributed by atoms with van der Waals surface area (Å²) in [6.45, 7) is 5.28. The van der Waals surface area contributed by atoms with E-state index in [1.54, 1.807) is 25.1 Å². The average Bonchev–Trinajstić information content (AvgIpc) is 2.33. The number of hydrogen-bond donors (Lipinski definition) is 0. The number of carbonyl (C=O) groups excluding carboxylic acids is 1. The smallest absolute Gasteiger partial charge is 0.307 e. The zero-order valence-corrected chi connectivity index (χ0v) is 13.4. The Kier molecular flexibility index (Phi) is 6.02. The number of hydrogen-bond acceptors (Lipinski definition) is 4. The molecule has 0 spiro atoms. The predicted molar refractivity (Wildman–Crippen MR) is 79.5 cm³/mol.